The average Bonchev–Trinajstić information content (AvgIpc) is 3.04. The summed E-state index contributed by atoms with van der Waals surface area (Å²) < 4.78 is 1.74. The first-order valence-corrected chi connectivity index (χ1v) is 10.4. The minimum absolute atomic E-state index is 0.0421. The van der Waals surface area contributed by atoms with Gasteiger partial charge in [-0.05, 0) is 51.5 Å². The Morgan fingerprint density at radius 2 is 2.04 bits per heavy atom. The van der Waals surface area contributed by atoms with Crippen molar-refractivity contribution in [3.8, 4) is 5.69 Å². The molecule has 0 bridgehead atoms. The van der Waals surface area contributed by atoms with Crippen molar-refractivity contribution in [2.24, 2.45) is 0 Å². The third kappa shape index (κ3) is 3.79. The number of aromatic amines is 1. The third-order valence-electron chi connectivity index (χ3n) is 4.62. The fourth-order valence-corrected chi connectivity index (χ4v) is 4.06. The second-order valence-electron chi connectivity index (χ2n) is 6.41. The Hall–Kier alpha value is -2.32. The summed E-state index contributed by atoms with van der Waals surface area (Å²) >= 11 is 7.49. The molecule has 0 saturated carbocycles. The van der Waals surface area contributed by atoms with Gasteiger partial charge >= 0.3 is 0 Å². The Bertz CT molecular complexity index is 1090. The van der Waals surface area contributed by atoms with E-state index in [1.807, 2.05) is 39.8 Å². The maximum absolute atomic E-state index is 12.5. The van der Waals surface area contributed by atoms with E-state index in [0.29, 0.717) is 34.3 Å². The number of fused-ring (bicyclic) bond motifs is 1. The van der Waals surface area contributed by atoms with Gasteiger partial charge in [0.2, 0.25) is 5.91 Å². The second kappa shape index (κ2) is 8.36. The van der Waals surface area contributed by atoms with E-state index in [4.69, 9.17) is 17.0 Å². The van der Waals surface area contributed by atoms with Crippen LogP contribution >= 0.6 is 23.4 Å². The largest absolute Gasteiger partial charge is 0.343 e. The first-order valence-electron chi connectivity index (χ1n) is 9.06. The molecule has 3 rings (SSSR count). The van der Waals surface area contributed by atoms with Crippen LogP contribution in [0.15, 0.2) is 23.4 Å². The number of aromatic nitrogens is 4. The lowest BCUT2D eigenvalue weighted by Gasteiger charge is -2.19. The highest BCUT2D eigenvalue weighted by molar-refractivity contribution is 7.99. The van der Waals surface area contributed by atoms with Crippen LogP contribution in [0, 0.1) is 19.3 Å². The highest BCUT2D eigenvalue weighted by atomic mass is 35.5. The van der Waals surface area contributed by atoms with E-state index in [0.717, 1.165) is 16.9 Å². The number of aryl methyl sites for hydroxylation is 2. The zero-order valence-electron chi connectivity index (χ0n) is 16.3. The minimum atomic E-state index is 0.0421. The molecule has 0 unspecified atom stereocenters. The van der Waals surface area contributed by atoms with Gasteiger partial charge in [-0.15, -0.1) is 0 Å². The van der Waals surface area contributed by atoms with E-state index in [-0.39, 0.29) is 17.1 Å². The van der Waals surface area contributed by atoms with Gasteiger partial charge < -0.3 is 4.90 Å². The van der Waals surface area contributed by atoms with Crippen LogP contribution in [0.5, 0.6) is 0 Å². The zero-order chi connectivity index (χ0) is 20.4. The fourth-order valence-electron chi connectivity index (χ4n) is 3.03. The standard InChI is InChI=1S/C19H23ClN6OS/c1-5-25(6-2)15(27)10-28-19-22-18-16(12(4)23-24-18)17(21)26(19)13-7-8-14(20)11(3)9-13/h7-9,21H,5-6,10H2,1-4H3,(H,23,24). The van der Waals surface area contributed by atoms with Gasteiger partial charge in [0, 0.05) is 29.5 Å². The number of carbonyl (C=O) groups excluding carboxylic acids is 1. The average molecular weight is 419 g/mol. The summed E-state index contributed by atoms with van der Waals surface area (Å²) in [6, 6.07) is 5.58. The van der Waals surface area contributed by atoms with Crippen molar-refractivity contribution >= 4 is 40.3 Å². The van der Waals surface area contributed by atoms with E-state index < -0.39 is 0 Å². The van der Waals surface area contributed by atoms with Gasteiger partial charge in [0.1, 0.15) is 5.49 Å². The monoisotopic (exact) mass is 418 g/mol. The summed E-state index contributed by atoms with van der Waals surface area (Å²) in [5.41, 5.74) is 3.21. The van der Waals surface area contributed by atoms with Crippen molar-refractivity contribution in [2.75, 3.05) is 18.8 Å². The quantitative estimate of drug-likeness (QED) is 0.473. The molecule has 0 saturated heterocycles. The molecule has 0 fully saturated rings. The summed E-state index contributed by atoms with van der Waals surface area (Å²) in [5, 5.41) is 17.7. The van der Waals surface area contributed by atoms with E-state index in [2.05, 4.69) is 15.2 Å². The third-order valence-corrected chi connectivity index (χ3v) is 5.97. The highest BCUT2D eigenvalue weighted by Crippen LogP contribution is 2.24. The van der Waals surface area contributed by atoms with Gasteiger partial charge in [-0.3, -0.25) is 19.9 Å². The number of nitrogens with one attached hydrogen (secondary N) is 2. The maximum atomic E-state index is 12.5. The molecule has 1 aromatic carbocycles. The van der Waals surface area contributed by atoms with E-state index in [1.54, 1.807) is 15.5 Å². The molecule has 28 heavy (non-hydrogen) atoms. The number of rotatable bonds is 6. The molecule has 2 heterocycles. The molecule has 0 aliphatic heterocycles. The van der Waals surface area contributed by atoms with Crippen LogP contribution in [0.25, 0.3) is 16.7 Å². The first-order chi connectivity index (χ1) is 13.4. The molecular formula is C19H23ClN6OS. The highest BCUT2D eigenvalue weighted by Gasteiger charge is 2.18. The number of H-pyrrole nitrogens is 1. The van der Waals surface area contributed by atoms with Gasteiger partial charge in [-0.1, -0.05) is 23.4 Å². The van der Waals surface area contributed by atoms with E-state index in [9.17, 15) is 4.79 Å². The Morgan fingerprint density at radius 1 is 1.32 bits per heavy atom. The first kappa shape index (κ1) is 20.4. The van der Waals surface area contributed by atoms with Crippen LogP contribution < -0.4 is 5.49 Å². The molecule has 0 spiro atoms. The predicted octanol–water partition coefficient (Wildman–Crippen LogP) is 3.46. The van der Waals surface area contributed by atoms with Crippen LogP contribution in [-0.2, 0) is 4.79 Å². The zero-order valence-corrected chi connectivity index (χ0v) is 17.9. The van der Waals surface area contributed by atoms with Crippen LogP contribution in [-0.4, -0.2) is 49.4 Å². The van der Waals surface area contributed by atoms with Gasteiger partial charge in [0.25, 0.3) is 0 Å². The van der Waals surface area contributed by atoms with Crippen molar-refractivity contribution in [1.29, 1.82) is 5.41 Å². The number of halogens is 1. The maximum Gasteiger partial charge on any atom is 0.233 e. The Labute approximate surface area is 172 Å². The lowest BCUT2D eigenvalue weighted by molar-refractivity contribution is -0.127. The minimum Gasteiger partial charge on any atom is -0.343 e. The van der Waals surface area contributed by atoms with Crippen molar-refractivity contribution in [1.82, 2.24) is 24.6 Å². The number of thioether (sulfide) groups is 1. The van der Waals surface area contributed by atoms with Crippen molar-refractivity contribution in [3.05, 3.63) is 40.0 Å². The van der Waals surface area contributed by atoms with E-state index in [1.165, 1.54) is 11.8 Å². The van der Waals surface area contributed by atoms with Crippen LogP contribution in [0.4, 0.5) is 0 Å². The predicted molar refractivity (Wildman–Crippen MR) is 112 cm³/mol. The SMILES string of the molecule is CCN(CC)C(=O)CSc1nc2n[nH]c(C)c2c(=N)n1-c1ccc(Cl)c(C)c1. The molecule has 0 aliphatic rings. The molecular weight excluding hydrogens is 396 g/mol. The topological polar surface area (TPSA) is 90.7 Å². The molecule has 9 heteroatoms. The summed E-state index contributed by atoms with van der Waals surface area (Å²) in [6.45, 7) is 9.04. The molecule has 148 valence electrons. The lowest BCUT2D eigenvalue weighted by atomic mass is 10.2. The fraction of sp³-hybridized carbons (Fsp3) is 0.368. The van der Waals surface area contributed by atoms with Crippen LogP contribution in [0.3, 0.4) is 0 Å². The summed E-state index contributed by atoms with van der Waals surface area (Å²) in [4.78, 5) is 18.9. The molecule has 0 radical (unpaired) electrons. The second-order valence-corrected chi connectivity index (χ2v) is 7.76. The summed E-state index contributed by atoms with van der Waals surface area (Å²) in [5.74, 6) is 0.288. The molecule has 0 aliphatic carbocycles. The van der Waals surface area contributed by atoms with Crippen molar-refractivity contribution in [2.45, 2.75) is 32.9 Å². The molecule has 1 amide bonds. The van der Waals surface area contributed by atoms with Crippen LogP contribution in [0.1, 0.15) is 25.1 Å². The van der Waals surface area contributed by atoms with Gasteiger partial charge in [-0.25, -0.2) is 4.98 Å². The number of amides is 1. The Kier molecular flexibility index (Phi) is 6.10. The van der Waals surface area contributed by atoms with E-state index >= 15 is 0 Å². The molecule has 7 nitrogen and oxygen atoms in total. The summed E-state index contributed by atoms with van der Waals surface area (Å²) in [6.07, 6.45) is 0. The molecule has 2 N–H and O–H groups in total. The Morgan fingerprint density at radius 3 is 2.68 bits per heavy atom. The smallest absolute Gasteiger partial charge is 0.233 e. The number of hydrogen-bond acceptors (Lipinski definition) is 5. The van der Waals surface area contributed by atoms with Crippen molar-refractivity contribution in [3.63, 3.8) is 0 Å². The number of nitrogens with zero attached hydrogens (tertiary/aromatic N) is 4. The summed E-state index contributed by atoms with van der Waals surface area (Å²) in [7, 11) is 0. The van der Waals surface area contributed by atoms with Gasteiger partial charge in [-0.2, -0.15) is 5.10 Å². The molecule has 0 atom stereocenters. The van der Waals surface area contributed by atoms with Gasteiger partial charge in [0.05, 0.1) is 11.1 Å². The molecule has 2 aromatic heterocycles. The van der Waals surface area contributed by atoms with Gasteiger partial charge in [0.15, 0.2) is 10.8 Å². The normalized spacial score (nSPS) is 11.2. The number of carbonyl (C=O) groups is 1. The van der Waals surface area contributed by atoms with Crippen molar-refractivity contribution < 1.29 is 4.79 Å². The number of hydrogen-bond donors (Lipinski definition) is 2. The lowest BCUT2D eigenvalue weighted by Crippen LogP contribution is -2.32. The number of benzene rings is 1. The molecule has 3 aromatic rings. The van der Waals surface area contributed by atoms with Crippen LogP contribution in [0.2, 0.25) is 5.02 Å². The Balaban J connectivity index is 2.11.